The smallest absolute Gasteiger partial charge is 0.322 e. The van der Waals surface area contributed by atoms with Crippen LogP contribution in [-0.4, -0.2) is 35.1 Å². The Labute approximate surface area is 248 Å². The summed E-state index contributed by atoms with van der Waals surface area (Å²) in [7, 11) is 0. The van der Waals surface area contributed by atoms with E-state index in [-0.39, 0.29) is 42.8 Å². The van der Waals surface area contributed by atoms with Gasteiger partial charge in [0.25, 0.3) is 5.89 Å². The molecule has 4 aliphatic rings. The average Bonchev–Trinajstić information content (AvgIpc) is 3.47. The van der Waals surface area contributed by atoms with Gasteiger partial charge in [-0.3, -0.25) is 4.79 Å². The molecule has 0 atom stereocenters. The zero-order valence-electron chi connectivity index (χ0n) is 24.3. The van der Waals surface area contributed by atoms with Crippen LogP contribution >= 0.6 is 0 Å². The third-order valence-corrected chi connectivity index (χ3v) is 9.06. The highest BCUT2D eigenvalue weighted by molar-refractivity contribution is 5.96. The third kappa shape index (κ3) is 6.06. The number of aromatic nitrogens is 2. The summed E-state index contributed by atoms with van der Waals surface area (Å²) in [4.78, 5) is 19.8. The van der Waals surface area contributed by atoms with Crippen molar-refractivity contribution in [3.05, 3.63) is 65.8 Å². The molecule has 0 N–H and O–H groups in total. The minimum atomic E-state index is -3.21. The summed E-state index contributed by atoms with van der Waals surface area (Å²) < 4.78 is 65.7. The van der Waals surface area contributed by atoms with Gasteiger partial charge in [0.2, 0.25) is 11.8 Å². The van der Waals surface area contributed by atoms with E-state index < -0.39 is 23.7 Å². The first-order chi connectivity index (χ1) is 20.5. The molecular weight excluding hydrogens is 562 g/mol. The molecule has 0 radical (unpaired) electrons. The van der Waals surface area contributed by atoms with Gasteiger partial charge in [-0.15, -0.1) is 0 Å². The van der Waals surface area contributed by atoms with Crippen molar-refractivity contribution >= 4 is 17.2 Å². The number of allylic oxidation sites excluding steroid dienone is 2. The number of anilines is 1. The lowest BCUT2D eigenvalue weighted by Crippen LogP contribution is -2.50. The second kappa shape index (κ2) is 11.1. The fourth-order valence-electron chi connectivity index (χ4n) is 6.70. The molecule has 1 heterocycles. The number of amides is 1. The normalized spacial score (nSPS) is 19.6. The fraction of sp³-hybridized carbons (Fsp3) is 0.485. The number of halogens is 4. The number of nitrogens with zero attached hydrogens (tertiary/aromatic N) is 3. The molecule has 4 aliphatic carbocycles. The number of carbonyl (C=O) groups excluding carboxylic acids is 1. The summed E-state index contributed by atoms with van der Waals surface area (Å²) in [5, 5.41) is 3.81. The summed E-state index contributed by atoms with van der Waals surface area (Å²) in [5.41, 5.74) is 4.38. The van der Waals surface area contributed by atoms with Gasteiger partial charge < -0.3 is 14.2 Å². The maximum Gasteiger partial charge on any atom is 0.322 e. The van der Waals surface area contributed by atoms with E-state index in [9.17, 15) is 22.4 Å². The highest BCUT2D eigenvalue weighted by Crippen LogP contribution is 2.57. The van der Waals surface area contributed by atoms with Crippen LogP contribution in [0.2, 0.25) is 0 Å². The zero-order valence-corrected chi connectivity index (χ0v) is 24.3. The molecule has 0 spiro atoms. The van der Waals surface area contributed by atoms with Crippen molar-refractivity contribution in [2.45, 2.75) is 77.1 Å². The molecule has 0 unspecified atom stereocenters. The second-order valence-corrected chi connectivity index (χ2v) is 12.3. The zero-order chi connectivity index (χ0) is 30.4. The van der Waals surface area contributed by atoms with Gasteiger partial charge in [0, 0.05) is 37.9 Å². The lowest BCUT2D eigenvalue weighted by atomic mass is 9.57. The Morgan fingerprint density at radius 3 is 2.40 bits per heavy atom. The number of rotatable bonds is 9. The molecule has 6 nitrogen and oxygen atoms in total. The molecule has 228 valence electrons. The van der Waals surface area contributed by atoms with Crippen molar-refractivity contribution in [2.24, 2.45) is 11.3 Å². The Balaban J connectivity index is 1.26. The fourth-order valence-corrected chi connectivity index (χ4v) is 6.70. The number of fused-ring (bicyclic) bond motifs is 2. The first-order valence-corrected chi connectivity index (χ1v) is 14.9. The Kier molecular flexibility index (Phi) is 7.59. The van der Waals surface area contributed by atoms with Crippen LogP contribution in [0.1, 0.15) is 76.9 Å². The maximum atomic E-state index is 14.0. The van der Waals surface area contributed by atoms with Crippen LogP contribution in [0, 0.1) is 11.3 Å². The van der Waals surface area contributed by atoms with E-state index in [2.05, 4.69) is 10.1 Å². The first-order valence-electron chi connectivity index (χ1n) is 14.9. The van der Waals surface area contributed by atoms with E-state index in [0.717, 1.165) is 47.1 Å². The number of carbonyl (C=O) groups is 1. The summed E-state index contributed by atoms with van der Waals surface area (Å²) in [6, 6.07) is 15.5. The van der Waals surface area contributed by atoms with Crippen LogP contribution in [0.5, 0.6) is 5.75 Å². The van der Waals surface area contributed by atoms with Crippen molar-refractivity contribution in [1.82, 2.24) is 10.1 Å². The molecular formula is C33H35F4N3O3. The molecule has 2 aromatic carbocycles. The average molecular weight is 598 g/mol. The number of ether oxygens (including phenoxy) is 1. The third-order valence-electron chi connectivity index (χ3n) is 9.06. The molecule has 0 saturated heterocycles. The highest BCUT2D eigenvalue weighted by atomic mass is 19.3. The Hall–Kier alpha value is -3.69. The topological polar surface area (TPSA) is 68.5 Å². The first kappa shape index (κ1) is 29.4. The van der Waals surface area contributed by atoms with Crippen LogP contribution < -0.4 is 9.64 Å². The number of benzene rings is 2. The SMILES string of the molecule is CCOc1ccc(-c2cccc(N(CC34CCC(c5noc(C(C)(F)F)n5)=C(C3)C4)C(=O)C3CCC(F)(F)CC3)c2)cc1. The minimum Gasteiger partial charge on any atom is -0.494 e. The molecule has 2 saturated carbocycles. The van der Waals surface area contributed by atoms with Crippen molar-refractivity contribution in [3.8, 4) is 16.9 Å². The van der Waals surface area contributed by atoms with Gasteiger partial charge in [-0.25, -0.2) is 8.78 Å². The van der Waals surface area contributed by atoms with Gasteiger partial charge in [-0.2, -0.15) is 13.8 Å². The van der Waals surface area contributed by atoms with Crippen LogP contribution in [0.4, 0.5) is 23.2 Å². The summed E-state index contributed by atoms with van der Waals surface area (Å²) >= 11 is 0. The molecule has 43 heavy (non-hydrogen) atoms. The molecule has 7 rings (SSSR count). The molecule has 2 fully saturated rings. The quantitative estimate of drug-likeness (QED) is 0.232. The summed E-state index contributed by atoms with van der Waals surface area (Å²) in [6.07, 6.45) is 2.45. The van der Waals surface area contributed by atoms with Crippen LogP contribution in [-0.2, 0) is 10.7 Å². The van der Waals surface area contributed by atoms with E-state index in [0.29, 0.717) is 32.4 Å². The standard InChI is InChI=1S/C33H35F4N3O3/c1-3-42-26-9-7-21(8-10-26)23-5-4-6-25(17-23)40(29(41)22-11-15-33(36,37)16-12-22)20-32-14-13-27(24(18-32)19-32)28-38-30(43-39-28)31(2,34)35/h4-10,17,22H,3,11-16,18-20H2,1-2H3. The molecule has 1 amide bonds. The van der Waals surface area contributed by atoms with Crippen molar-refractivity contribution in [3.63, 3.8) is 0 Å². The van der Waals surface area contributed by atoms with Gasteiger partial charge in [0.1, 0.15) is 5.75 Å². The molecule has 10 heteroatoms. The Morgan fingerprint density at radius 2 is 1.79 bits per heavy atom. The van der Waals surface area contributed by atoms with Gasteiger partial charge >= 0.3 is 5.92 Å². The predicted molar refractivity (Wildman–Crippen MR) is 154 cm³/mol. The number of hydrogen-bond acceptors (Lipinski definition) is 5. The molecule has 1 aromatic heterocycles. The van der Waals surface area contributed by atoms with Crippen LogP contribution in [0.3, 0.4) is 0 Å². The van der Waals surface area contributed by atoms with Gasteiger partial charge in [0.15, 0.2) is 5.82 Å². The molecule has 3 aromatic rings. The summed E-state index contributed by atoms with van der Waals surface area (Å²) in [6.45, 7) is 3.68. The van der Waals surface area contributed by atoms with Crippen LogP contribution in [0.15, 0.2) is 58.6 Å². The van der Waals surface area contributed by atoms with Gasteiger partial charge in [-0.05, 0) is 91.8 Å². The lowest BCUT2D eigenvalue weighted by molar-refractivity contribution is -0.127. The number of hydrogen-bond donors (Lipinski definition) is 0. The van der Waals surface area contributed by atoms with Gasteiger partial charge in [-0.1, -0.05) is 35.0 Å². The van der Waals surface area contributed by atoms with Gasteiger partial charge in [0.05, 0.1) is 6.61 Å². The maximum absolute atomic E-state index is 14.0. The second-order valence-electron chi connectivity index (χ2n) is 12.3. The van der Waals surface area contributed by atoms with Crippen molar-refractivity contribution in [2.75, 3.05) is 18.1 Å². The minimum absolute atomic E-state index is 0.120. The largest absolute Gasteiger partial charge is 0.494 e. The van der Waals surface area contributed by atoms with Crippen molar-refractivity contribution < 1.29 is 31.6 Å². The molecule has 0 aliphatic heterocycles. The van der Waals surface area contributed by atoms with E-state index in [4.69, 9.17) is 9.26 Å². The van der Waals surface area contributed by atoms with Crippen LogP contribution in [0.25, 0.3) is 16.7 Å². The van der Waals surface area contributed by atoms with E-state index in [1.54, 1.807) is 4.90 Å². The highest BCUT2D eigenvalue weighted by Gasteiger charge is 2.49. The van der Waals surface area contributed by atoms with E-state index >= 15 is 0 Å². The monoisotopic (exact) mass is 597 g/mol. The Bertz CT molecular complexity index is 1510. The number of alkyl halides is 4. The van der Waals surface area contributed by atoms with E-state index in [1.165, 1.54) is 0 Å². The van der Waals surface area contributed by atoms with Crippen molar-refractivity contribution in [1.29, 1.82) is 0 Å². The predicted octanol–water partition coefficient (Wildman–Crippen LogP) is 8.43. The molecule has 2 bridgehead atoms. The lowest BCUT2D eigenvalue weighted by Gasteiger charge is -2.51. The van der Waals surface area contributed by atoms with E-state index in [1.807, 2.05) is 55.5 Å². The Morgan fingerprint density at radius 1 is 1.07 bits per heavy atom. The summed E-state index contributed by atoms with van der Waals surface area (Å²) in [5.74, 6) is -6.24.